The molecule has 0 aliphatic carbocycles. The Kier molecular flexibility index (Phi) is 5.92. The van der Waals surface area contributed by atoms with Crippen molar-refractivity contribution in [2.24, 2.45) is 0 Å². The van der Waals surface area contributed by atoms with Gasteiger partial charge in [0.25, 0.3) is 11.8 Å². The third-order valence-electron chi connectivity index (χ3n) is 7.08. The third-order valence-corrected chi connectivity index (χ3v) is 7.08. The quantitative estimate of drug-likeness (QED) is 0.639. The molecule has 1 amide bonds. The number of fused-ring (bicyclic) bond motifs is 2. The summed E-state index contributed by atoms with van der Waals surface area (Å²) in [7, 11) is 0. The van der Waals surface area contributed by atoms with Gasteiger partial charge < -0.3 is 15.1 Å². The summed E-state index contributed by atoms with van der Waals surface area (Å²) in [5.41, 5.74) is 2.16. The second-order valence-corrected chi connectivity index (χ2v) is 9.38. The van der Waals surface area contributed by atoms with E-state index in [1.165, 1.54) is 31.7 Å². The fourth-order valence-corrected chi connectivity index (χ4v) is 5.01. The molecule has 0 unspecified atom stereocenters. The number of piperazine rings is 1. The number of alkyl halides is 2. The monoisotopic (exact) mass is 477 g/mol. The van der Waals surface area contributed by atoms with E-state index in [1.807, 2.05) is 13.0 Å². The van der Waals surface area contributed by atoms with Crippen LogP contribution >= 0.6 is 0 Å². The summed E-state index contributed by atoms with van der Waals surface area (Å²) in [6.45, 7) is 13.1. The number of carbonyl (C=O) groups is 1. The summed E-state index contributed by atoms with van der Waals surface area (Å²) in [5.74, 6) is -2.84. The van der Waals surface area contributed by atoms with Crippen LogP contribution in [-0.4, -0.2) is 58.8 Å². The Balaban J connectivity index is 1.33. The Hall–Kier alpha value is -3.52. The van der Waals surface area contributed by atoms with Crippen molar-refractivity contribution < 1.29 is 13.6 Å². The zero-order chi connectivity index (χ0) is 24.7. The second kappa shape index (κ2) is 8.92. The number of nitrogens with one attached hydrogen (secondary N) is 1. The van der Waals surface area contributed by atoms with Crippen molar-refractivity contribution in [2.75, 3.05) is 31.1 Å². The number of rotatable bonds is 5. The SMILES string of the molecule is C=CC(F)(F)C1=CC(NC(=O)c2ccc(N3CCN4CCC[C@H]4C3)nc2)=CN2C=C(C)C(=C)C=C12. The van der Waals surface area contributed by atoms with Crippen molar-refractivity contribution in [3.63, 3.8) is 0 Å². The summed E-state index contributed by atoms with van der Waals surface area (Å²) in [6.07, 6.45) is 10.8. The number of hydrogen-bond donors (Lipinski definition) is 1. The molecule has 2 saturated heterocycles. The third kappa shape index (κ3) is 4.46. The van der Waals surface area contributed by atoms with Crippen LogP contribution in [0.2, 0.25) is 0 Å². The highest BCUT2D eigenvalue weighted by molar-refractivity contribution is 5.95. The molecule has 0 radical (unpaired) electrons. The summed E-state index contributed by atoms with van der Waals surface area (Å²) in [4.78, 5) is 23.8. The smallest absolute Gasteiger partial charge is 0.293 e. The first kappa shape index (κ1) is 23.2. The lowest BCUT2D eigenvalue weighted by Crippen LogP contribution is -2.50. The molecule has 5 rings (SSSR count). The molecule has 4 aliphatic rings. The molecule has 1 N–H and O–H groups in total. The van der Waals surface area contributed by atoms with E-state index in [2.05, 4.69) is 33.3 Å². The van der Waals surface area contributed by atoms with Crippen LogP contribution in [0.4, 0.5) is 14.6 Å². The van der Waals surface area contributed by atoms with Crippen molar-refractivity contribution >= 4 is 11.7 Å². The number of hydrogen-bond acceptors (Lipinski definition) is 5. The highest BCUT2D eigenvalue weighted by Crippen LogP contribution is 2.39. The first-order valence-corrected chi connectivity index (χ1v) is 11.8. The Bertz CT molecular complexity index is 1190. The van der Waals surface area contributed by atoms with Crippen LogP contribution in [-0.2, 0) is 0 Å². The highest BCUT2D eigenvalue weighted by Gasteiger charge is 2.37. The molecule has 0 aromatic carbocycles. The summed E-state index contributed by atoms with van der Waals surface area (Å²) in [5, 5.41) is 2.75. The van der Waals surface area contributed by atoms with Gasteiger partial charge in [0.15, 0.2) is 0 Å². The number of carbonyl (C=O) groups excluding carboxylic acids is 1. The van der Waals surface area contributed by atoms with E-state index in [4.69, 9.17) is 0 Å². The maximum atomic E-state index is 14.7. The topological polar surface area (TPSA) is 51.7 Å². The molecule has 8 heteroatoms. The predicted molar refractivity (Wildman–Crippen MR) is 133 cm³/mol. The fraction of sp³-hybridized carbons (Fsp3) is 0.333. The van der Waals surface area contributed by atoms with Gasteiger partial charge in [0.2, 0.25) is 0 Å². The van der Waals surface area contributed by atoms with Crippen LogP contribution in [0, 0.1) is 0 Å². The van der Waals surface area contributed by atoms with Crippen molar-refractivity contribution in [3.8, 4) is 0 Å². The molecule has 182 valence electrons. The van der Waals surface area contributed by atoms with E-state index < -0.39 is 11.8 Å². The Morgan fingerprint density at radius 1 is 1.23 bits per heavy atom. The van der Waals surface area contributed by atoms with Gasteiger partial charge in [-0.3, -0.25) is 9.69 Å². The normalized spacial score (nSPS) is 22.5. The number of amides is 1. The Morgan fingerprint density at radius 2 is 2.06 bits per heavy atom. The zero-order valence-electron chi connectivity index (χ0n) is 19.8. The number of nitrogens with zero attached hydrogens (tertiary/aromatic N) is 4. The summed E-state index contributed by atoms with van der Waals surface area (Å²) in [6, 6.07) is 4.15. The minimum Gasteiger partial charge on any atom is -0.354 e. The molecule has 0 bridgehead atoms. The molecular formula is C27H29F2N5O. The maximum absolute atomic E-state index is 14.7. The highest BCUT2D eigenvalue weighted by atomic mass is 19.3. The van der Waals surface area contributed by atoms with Crippen molar-refractivity contribution in [1.82, 2.24) is 20.1 Å². The van der Waals surface area contributed by atoms with E-state index >= 15 is 0 Å². The van der Waals surface area contributed by atoms with E-state index in [0.29, 0.717) is 29.0 Å². The molecule has 6 nitrogen and oxygen atoms in total. The van der Waals surface area contributed by atoms with Crippen molar-refractivity contribution in [2.45, 2.75) is 31.7 Å². The van der Waals surface area contributed by atoms with Crippen LogP contribution in [0.25, 0.3) is 0 Å². The van der Waals surface area contributed by atoms with E-state index in [9.17, 15) is 13.6 Å². The van der Waals surface area contributed by atoms with Crippen LogP contribution < -0.4 is 10.2 Å². The number of halogens is 2. The number of anilines is 1. The first-order valence-electron chi connectivity index (χ1n) is 11.8. The largest absolute Gasteiger partial charge is 0.354 e. The number of aromatic nitrogens is 1. The van der Waals surface area contributed by atoms with Crippen LogP contribution in [0.1, 0.15) is 30.1 Å². The molecule has 35 heavy (non-hydrogen) atoms. The predicted octanol–water partition coefficient (Wildman–Crippen LogP) is 4.36. The second-order valence-electron chi connectivity index (χ2n) is 9.38. The average Bonchev–Trinajstić information content (AvgIpc) is 3.32. The van der Waals surface area contributed by atoms with Crippen LogP contribution in [0.15, 0.2) is 90.2 Å². The minimum atomic E-state index is -3.28. The fourth-order valence-electron chi connectivity index (χ4n) is 5.01. The van der Waals surface area contributed by atoms with Gasteiger partial charge in [-0.05, 0) is 67.8 Å². The molecule has 4 aliphatic heterocycles. The Morgan fingerprint density at radius 3 is 2.80 bits per heavy atom. The van der Waals surface area contributed by atoms with E-state index in [-0.39, 0.29) is 11.3 Å². The van der Waals surface area contributed by atoms with Gasteiger partial charge in [-0.1, -0.05) is 13.2 Å². The van der Waals surface area contributed by atoms with Gasteiger partial charge in [0, 0.05) is 44.3 Å². The number of allylic oxidation sites excluding steroid dienone is 6. The molecule has 0 spiro atoms. The van der Waals surface area contributed by atoms with Gasteiger partial charge in [0.05, 0.1) is 22.5 Å². The Labute approximate surface area is 204 Å². The molecule has 1 atom stereocenters. The van der Waals surface area contributed by atoms with Gasteiger partial charge in [-0.25, -0.2) is 4.98 Å². The molecule has 5 heterocycles. The van der Waals surface area contributed by atoms with Gasteiger partial charge in [-0.15, -0.1) is 0 Å². The van der Waals surface area contributed by atoms with Crippen LogP contribution in [0.3, 0.4) is 0 Å². The molecule has 2 fully saturated rings. The molecule has 0 saturated carbocycles. The van der Waals surface area contributed by atoms with Crippen molar-refractivity contribution in [1.29, 1.82) is 0 Å². The lowest BCUT2D eigenvalue weighted by Gasteiger charge is -2.38. The van der Waals surface area contributed by atoms with Gasteiger partial charge >= 0.3 is 0 Å². The first-order chi connectivity index (χ1) is 16.7. The van der Waals surface area contributed by atoms with Gasteiger partial charge in [0.1, 0.15) is 5.82 Å². The zero-order valence-corrected chi connectivity index (χ0v) is 19.8. The molecule has 1 aromatic heterocycles. The summed E-state index contributed by atoms with van der Waals surface area (Å²) >= 11 is 0. The minimum absolute atomic E-state index is 0.252. The standard InChI is InChI=1S/C27H29F2N5O/c1-4-27(28,29)23-13-21(16-34-15-19(3)18(2)12-24(23)34)31-26(35)20-7-8-25(30-14-20)33-11-10-32-9-5-6-22(32)17-33/h4,7-8,12-16,22H,1-2,5-6,9-11,17H2,3H3,(H,31,35)/t22-/m0/s1. The van der Waals surface area contributed by atoms with Gasteiger partial charge in [-0.2, -0.15) is 8.78 Å². The number of pyridine rings is 1. The summed E-state index contributed by atoms with van der Waals surface area (Å²) < 4.78 is 29.4. The lowest BCUT2D eigenvalue weighted by atomic mass is 9.94. The maximum Gasteiger partial charge on any atom is 0.293 e. The molecule has 1 aromatic rings. The van der Waals surface area contributed by atoms with Crippen molar-refractivity contribution in [3.05, 3.63) is 95.8 Å². The lowest BCUT2D eigenvalue weighted by molar-refractivity contribution is 0.0940. The van der Waals surface area contributed by atoms with E-state index in [0.717, 1.165) is 31.0 Å². The molecular weight excluding hydrogens is 448 g/mol. The van der Waals surface area contributed by atoms with E-state index in [1.54, 1.807) is 29.4 Å². The average molecular weight is 478 g/mol. The van der Waals surface area contributed by atoms with Crippen LogP contribution in [0.5, 0.6) is 0 Å².